The zero-order valence-corrected chi connectivity index (χ0v) is 13.4. The Labute approximate surface area is 136 Å². The van der Waals surface area contributed by atoms with Crippen LogP contribution < -0.4 is 5.32 Å². The molecule has 0 saturated carbocycles. The van der Waals surface area contributed by atoms with E-state index in [2.05, 4.69) is 24.0 Å². The van der Waals surface area contributed by atoms with Crippen LogP contribution in [0.3, 0.4) is 0 Å². The molecule has 0 fully saturated rings. The molecule has 0 unspecified atom stereocenters. The number of benzene rings is 2. The van der Waals surface area contributed by atoms with Crippen molar-refractivity contribution in [3.05, 3.63) is 78.4 Å². The number of carbonyl (C=O) groups is 1. The summed E-state index contributed by atoms with van der Waals surface area (Å²) in [6.45, 7) is 4.41. The van der Waals surface area contributed by atoms with Gasteiger partial charge < -0.3 is 5.32 Å². The van der Waals surface area contributed by atoms with E-state index in [0.717, 1.165) is 29.1 Å². The molecule has 0 aromatic heterocycles. The number of hydrogen-bond donors (Lipinski definition) is 1. The van der Waals surface area contributed by atoms with Gasteiger partial charge in [0.1, 0.15) is 0 Å². The Hall–Kier alpha value is -2.00. The summed E-state index contributed by atoms with van der Waals surface area (Å²) in [5, 5.41) is 3.01. The average molecular weight is 311 g/mol. The standard InChI is InChI=1S/C19H21NOS/c1-2-15-22-18-13-7-6-12-17(18)19(21)20-14-8-11-16-9-4-3-5-10-16/h2-7,9-10,12-13H,1,8,11,14-15H2,(H,20,21). The van der Waals surface area contributed by atoms with Crippen molar-refractivity contribution in [1.82, 2.24) is 5.32 Å². The molecular weight excluding hydrogens is 290 g/mol. The Balaban J connectivity index is 1.83. The quantitative estimate of drug-likeness (QED) is 0.447. The maximum atomic E-state index is 12.3. The largest absolute Gasteiger partial charge is 0.352 e. The van der Waals surface area contributed by atoms with E-state index in [9.17, 15) is 4.79 Å². The molecule has 0 heterocycles. The Morgan fingerprint density at radius 3 is 2.59 bits per heavy atom. The van der Waals surface area contributed by atoms with Crippen molar-refractivity contribution in [2.75, 3.05) is 12.3 Å². The Bertz CT molecular complexity index is 610. The van der Waals surface area contributed by atoms with Crippen LogP contribution in [0.5, 0.6) is 0 Å². The molecule has 2 aromatic rings. The molecule has 0 radical (unpaired) electrons. The van der Waals surface area contributed by atoms with Crippen LogP contribution in [0.25, 0.3) is 0 Å². The van der Waals surface area contributed by atoms with Gasteiger partial charge in [-0.1, -0.05) is 48.5 Å². The fourth-order valence-corrected chi connectivity index (χ4v) is 2.95. The van der Waals surface area contributed by atoms with Crippen molar-refractivity contribution >= 4 is 17.7 Å². The van der Waals surface area contributed by atoms with Crippen LogP contribution in [0.2, 0.25) is 0 Å². The van der Waals surface area contributed by atoms with E-state index >= 15 is 0 Å². The smallest absolute Gasteiger partial charge is 0.252 e. The predicted octanol–water partition coefficient (Wildman–Crippen LogP) is 4.33. The summed E-state index contributed by atoms with van der Waals surface area (Å²) in [5.41, 5.74) is 2.05. The third-order valence-electron chi connectivity index (χ3n) is 3.26. The zero-order chi connectivity index (χ0) is 15.6. The molecule has 0 aliphatic carbocycles. The minimum atomic E-state index is 0.000207. The normalized spacial score (nSPS) is 10.2. The molecule has 3 heteroatoms. The molecule has 0 saturated heterocycles. The second-order valence-electron chi connectivity index (χ2n) is 4.94. The molecule has 22 heavy (non-hydrogen) atoms. The van der Waals surface area contributed by atoms with Crippen LogP contribution in [0, 0.1) is 0 Å². The molecular formula is C19H21NOS. The van der Waals surface area contributed by atoms with Crippen LogP contribution in [0.4, 0.5) is 0 Å². The topological polar surface area (TPSA) is 29.1 Å². The first-order valence-corrected chi connectivity index (χ1v) is 8.44. The molecule has 0 atom stereocenters. The minimum Gasteiger partial charge on any atom is -0.352 e. The first kappa shape index (κ1) is 16.4. The Kier molecular flexibility index (Phi) is 6.78. The number of aryl methyl sites for hydroxylation is 1. The summed E-state index contributed by atoms with van der Waals surface area (Å²) >= 11 is 1.63. The van der Waals surface area contributed by atoms with E-state index < -0.39 is 0 Å². The lowest BCUT2D eigenvalue weighted by molar-refractivity contribution is 0.0950. The highest BCUT2D eigenvalue weighted by Gasteiger charge is 2.10. The number of amides is 1. The van der Waals surface area contributed by atoms with Crippen LogP contribution >= 0.6 is 11.8 Å². The van der Waals surface area contributed by atoms with E-state index in [4.69, 9.17) is 0 Å². The van der Waals surface area contributed by atoms with E-state index in [-0.39, 0.29) is 5.91 Å². The molecule has 0 spiro atoms. The van der Waals surface area contributed by atoms with E-state index in [1.807, 2.05) is 48.5 Å². The van der Waals surface area contributed by atoms with Gasteiger partial charge in [-0.25, -0.2) is 0 Å². The fraction of sp³-hybridized carbons (Fsp3) is 0.211. The number of carbonyl (C=O) groups excluding carboxylic acids is 1. The highest BCUT2D eigenvalue weighted by Crippen LogP contribution is 2.22. The molecule has 0 aliphatic rings. The number of nitrogens with one attached hydrogen (secondary N) is 1. The van der Waals surface area contributed by atoms with Crippen molar-refractivity contribution in [3.8, 4) is 0 Å². The highest BCUT2D eigenvalue weighted by molar-refractivity contribution is 7.99. The maximum Gasteiger partial charge on any atom is 0.252 e. The lowest BCUT2D eigenvalue weighted by Crippen LogP contribution is -2.25. The first-order valence-electron chi connectivity index (χ1n) is 7.46. The van der Waals surface area contributed by atoms with Gasteiger partial charge in [-0.2, -0.15) is 0 Å². The third-order valence-corrected chi connectivity index (χ3v) is 4.33. The summed E-state index contributed by atoms with van der Waals surface area (Å²) < 4.78 is 0. The molecule has 2 nitrogen and oxygen atoms in total. The van der Waals surface area contributed by atoms with Gasteiger partial charge in [-0.3, -0.25) is 4.79 Å². The average Bonchev–Trinajstić information content (AvgIpc) is 2.58. The summed E-state index contributed by atoms with van der Waals surface area (Å²) in [5.74, 6) is 0.804. The van der Waals surface area contributed by atoms with Crippen molar-refractivity contribution in [2.24, 2.45) is 0 Å². The van der Waals surface area contributed by atoms with Crippen molar-refractivity contribution in [1.29, 1.82) is 0 Å². The second-order valence-corrected chi connectivity index (χ2v) is 6.00. The van der Waals surface area contributed by atoms with Crippen molar-refractivity contribution < 1.29 is 4.79 Å². The summed E-state index contributed by atoms with van der Waals surface area (Å²) in [6.07, 6.45) is 3.77. The molecule has 0 bridgehead atoms. The molecule has 1 amide bonds. The minimum absolute atomic E-state index is 0.000207. The summed E-state index contributed by atoms with van der Waals surface area (Å²) in [4.78, 5) is 13.3. The Morgan fingerprint density at radius 1 is 1.09 bits per heavy atom. The third kappa shape index (κ3) is 5.08. The Morgan fingerprint density at radius 2 is 1.82 bits per heavy atom. The van der Waals surface area contributed by atoms with Crippen LogP contribution in [0.15, 0.2) is 72.1 Å². The van der Waals surface area contributed by atoms with Gasteiger partial charge in [0.05, 0.1) is 5.56 Å². The lowest BCUT2D eigenvalue weighted by atomic mass is 10.1. The summed E-state index contributed by atoms with van der Waals surface area (Å²) in [7, 11) is 0. The van der Waals surface area contributed by atoms with E-state index in [0.29, 0.717) is 6.54 Å². The van der Waals surface area contributed by atoms with E-state index in [1.54, 1.807) is 11.8 Å². The number of rotatable bonds is 8. The fourth-order valence-electron chi connectivity index (χ4n) is 2.16. The van der Waals surface area contributed by atoms with Crippen LogP contribution in [-0.2, 0) is 6.42 Å². The van der Waals surface area contributed by atoms with Gasteiger partial charge in [0.25, 0.3) is 5.91 Å². The predicted molar refractivity (Wildman–Crippen MR) is 94.5 cm³/mol. The maximum absolute atomic E-state index is 12.3. The molecule has 1 N–H and O–H groups in total. The van der Waals surface area contributed by atoms with Crippen LogP contribution in [0.1, 0.15) is 22.3 Å². The van der Waals surface area contributed by atoms with Gasteiger partial charge in [0.2, 0.25) is 0 Å². The highest BCUT2D eigenvalue weighted by atomic mass is 32.2. The van der Waals surface area contributed by atoms with Crippen molar-refractivity contribution in [3.63, 3.8) is 0 Å². The van der Waals surface area contributed by atoms with Crippen molar-refractivity contribution in [2.45, 2.75) is 17.7 Å². The van der Waals surface area contributed by atoms with Gasteiger partial charge in [-0.05, 0) is 30.5 Å². The van der Waals surface area contributed by atoms with Crippen LogP contribution in [-0.4, -0.2) is 18.2 Å². The lowest BCUT2D eigenvalue weighted by Gasteiger charge is -2.09. The van der Waals surface area contributed by atoms with E-state index in [1.165, 1.54) is 5.56 Å². The van der Waals surface area contributed by atoms with Gasteiger partial charge in [0.15, 0.2) is 0 Å². The second kappa shape index (κ2) is 9.11. The molecule has 2 aromatic carbocycles. The van der Waals surface area contributed by atoms with Gasteiger partial charge >= 0.3 is 0 Å². The molecule has 0 aliphatic heterocycles. The first-order chi connectivity index (χ1) is 10.8. The monoisotopic (exact) mass is 311 g/mol. The zero-order valence-electron chi connectivity index (χ0n) is 12.6. The van der Waals surface area contributed by atoms with Gasteiger partial charge in [0, 0.05) is 17.2 Å². The number of thioether (sulfide) groups is 1. The summed E-state index contributed by atoms with van der Waals surface area (Å²) in [6, 6.07) is 18.0. The molecule has 114 valence electrons. The molecule has 2 rings (SSSR count). The number of hydrogen-bond acceptors (Lipinski definition) is 2. The van der Waals surface area contributed by atoms with Gasteiger partial charge in [-0.15, -0.1) is 18.3 Å². The SMILES string of the molecule is C=CCSc1ccccc1C(=O)NCCCc1ccccc1.